The van der Waals surface area contributed by atoms with Crippen molar-refractivity contribution in [2.75, 3.05) is 36.9 Å². The number of amides is 2. The molecule has 2 fully saturated rings. The molecule has 0 bridgehead atoms. The number of nitrogens with one attached hydrogen (secondary N) is 2. The molecule has 2 amide bonds. The zero-order valence-electron chi connectivity index (χ0n) is 21.8. The summed E-state index contributed by atoms with van der Waals surface area (Å²) in [4.78, 5) is 32.9. The lowest BCUT2D eigenvalue weighted by Gasteiger charge is -2.35. The van der Waals surface area contributed by atoms with Crippen molar-refractivity contribution < 1.29 is 27.5 Å². The molecule has 0 saturated carbocycles. The second-order valence-corrected chi connectivity index (χ2v) is 10.9. The van der Waals surface area contributed by atoms with Gasteiger partial charge in [0.05, 0.1) is 52.9 Å². The van der Waals surface area contributed by atoms with E-state index in [0.717, 1.165) is 0 Å². The zero-order chi connectivity index (χ0) is 28.9. The van der Waals surface area contributed by atoms with E-state index < -0.39 is 35.4 Å². The fraction of sp³-hybridized carbons (Fsp3) is 0.370. The number of aromatic nitrogens is 3. The van der Waals surface area contributed by atoms with Gasteiger partial charge in [-0.15, -0.1) is 5.10 Å². The van der Waals surface area contributed by atoms with Crippen LogP contribution in [0.25, 0.3) is 0 Å². The van der Waals surface area contributed by atoms with Crippen molar-refractivity contribution in [2.24, 2.45) is 0 Å². The second-order valence-electron chi connectivity index (χ2n) is 10.5. The van der Waals surface area contributed by atoms with Crippen LogP contribution in [-0.4, -0.2) is 64.7 Å². The van der Waals surface area contributed by atoms with E-state index in [2.05, 4.69) is 25.8 Å². The standard InChI is InChI=1S/C27H25ClF3N7O3/c1-37-14-27(30,31)9-20(37)18-4-2-15(10-32-18)11-33-24(39)16-8-21(36-34-12-16)38-7-6-26(13-38)22-19(35-25(40)41-26)5-3-17(28)23(22)29/h2-5,8,10,12,20H,6-7,9,11,13-14H2,1H3,(H,33,39)(H,35,40)/t20-,26?/m0/s1. The van der Waals surface area contributed by atoms with Gasteiger partial charge in [0, 0.05) is 32.1 Å². The summed E-state index contributed by atoms with van der Waals surface area (Å²) in [5, 5.41) is 13.3. The van der Waals surface area contributed by atoms with Crippen LogP contribution in [0.2, 0.25) is 5.02 Å². The molecule has 3 aliphatic heterocycles. The lowest BCUT2D eigenvalue weighted by Crippen LogP contribution is -2.42. The number of likely N-dealkylation sites (tertiary alicyclic amines) is 1. The second kappa shape index (κ2) is 10.1. The Bertz CT molecular complexity index is 1530. The molecule has 1 aromatic carbocycles. The van der Waals surface area contributed by atoms with E-state index in [1.54, 1.807) is 41.2 Å². The number of halogens is 4. The monoisotopic (exact) mass is 587 g/mol. The number of nitrogens with zero attached hydrogens (tertiary/aromatic N) is 5. The highest BCUT2D eigenvalue weighted by Gasteiger charge is 2.50. The number of hydrogen-bond acceptors (Lipinski definition) is 8. The molecule has 1 spiro atoms. The van der Waals surface area contributed by atoms with E-state index in [-0.39, 0.29) is 48.6 Å². The molecule has 1 unspecified atom stereocenters. The summed E-state index contributed by atoms with van der Waals surface area (Å²) in [6.07, 6.45) is 2.18. The first kappa shape index (κ1) is 27.2. The molecule has 2 aromatic heterocycles. The van der Waals surface area contributed by atoms with Crippen molar-refractivity contribution in [3.05, 3.63) is 75.9 Å². The van der Waals surface area contributed by atoms with Crippen molar-refractivity contribution in [1.29, 1.82) is 0 Å². The van der Waals surface area contributed by atoms with Gasteiger partial charge < -0.3 is 15.0 Å². The van der Waals surface area contributed by atoms with E-state index in [1.807, 2.05) is 0 Å². The maximum absolute atomic E-state index is 15.1. The highest BCUT2D eigenvalue weighted by Crippen LogP contribution is 2.46. The summed E-state index contributed by atoms with van der Waals surface area (Å²) >= 11 is 6.02. The third-order valence-electron chi connectivity index (χ3n) is 7.68. The lowest BCUT2D eigenvalue weighted by molar-refractivity contribution is 0.0139. The van der Waals surface area contributed by atoms with Gasteiger partial charge in [0.2, 0.25) is 0 Å². The van der Waals surface area contributed by atoms with Crippen LogP contribution in [0, 0.1) is 5.82 Å². The summed E-state index contributed by atoms with van der Waals surface area (Å²) in [6, 6.07) is 7.43. The largest absolute Gasteiger partial charge is 0.436 e. The molecule has 14 heteroatoms. The topological polar surface area (TPSA) is 113 Å². The van der Waals surface area contributed by atoms with E-state index in [1.165, 1.54) is 18.3 Å². The Morgan fingerprint density at radius 2 is 2.07 bits per heavy atom. The SMILES string of the molecule is CN1CC(F)(F)C[C@H]1c1ccc(CNC(=O)c2cnnc(N3CCC4(C3)OC(=O)Nc3ccc(Cl)c(F)c34)c2)cn1. The molecule has 2 atom stereocenters. The number of carbonyl (C=O) groups is 2. The molecule has 214 valence electrons. The van der Waals surface area contributed by atoms with Gasteiger partial charge in [-0.2, -0.15) is 5.10 Å². The zero-order valence-corrected chi connectivity index (χ0v) is 22.6. The maximum Gasteiger partial charge on any atom is 0.412 e. The third kappa shape index (κ3) is 5.15. The van der Waals surface area contributed by atoms with Crippen LogP contribution < -0.4 is 15.5 Å². The van der Waals surface area contributed by atoms with Crippen LogP contribution in [0.1, 0.15) is 46.1 Å². The summed E-state index contributed by atoms with van der Waals surface area (Å²) < 4.78 is 48.2. The number of ether oxygens (including phenoxy) is 1. The average Bonchev–Trinajstić information content (AvgIpc) is 3.48. The van der Waals surface area contributed by atoms with Gasteiger partial charge in [0.1, 0.15) is 0 Å². The molecule has 10 nitrogen and oxygen atoms in total. The Kier molecular flexibility index (Phi) is 6.73. The molecule has 3 aliphatic rings. The first-order chi connectivity index (χ1) is 19.5. The van der Waals surface area contributed by atoms with Gasteiger partial charge >= 0.3 is 6.09 Å². The van der Waals surface area contributed by atoms with Crippen molar-refractivity contribution >= 4 is 35.1 Å². The minimum atomic E-state index is -2.74. The van der Waals surface area contributed by atoms with Crippen LogP contribution in [0.3, 0.4) is 0 Å². The lowest BCUT2D eigenvalue weighted by atomic mass is 9.89. The highest BCUT2D eigenvalue weighted by atomic mass is 35.5. The van der Waals surface area contributed by atoms with Crippen LogP contribution in [0.15, 0.2) is 42.7 Å². The van der Waals surface area contributed by atoms with Crippen molar-refractivity contribution in [3.8, 4) is 0 Å². The van der Waals surface area contributed by atoms with Crippen molar-refractivity contribution in [3.63, 3.8) is 0 Å². The minimum Gasteiger partial charge on any atom is -0.436 e. The molecule has 2 N–H and O–H groups in total. The molecular formula is C27H25ClF3N7O3. The van der Waals surface area contributed by atoms with Gasteiger partial charge in [-0.25, -0.2) is 18.0 Å². The van der Waals surface area contributed by atoms with E-state index >= 15 is 4.39 Å². The number of carbonyl (C=O) groups excluding carboxylic acids is 2. The number of rotatable bonds is 5. The van der Waals surface area contributed by atoms with Crippen LogP contribution in [0.5, 0.6) is 0 Å². The van der Waals surface area contributed by atoms with E-state index in [4.69, 9.17) is 16.3 Å². The van der Waals surface area contributed by atoms with Gasteiger partial charge in [-0.3, -0.25) is 20.0 Å². The molecule has 2 saturated heterocycles. The fourth-order valence-electron chi connectivity index (χ4n) is 5.69. The molecule has 5 heterocycles. The summed E-state index contributed by atoms with van der Waals surface area (Å²) in [6.45, 7) is 0.300. The number of alkyl halides is 2. The van der Waals surface area contributed by atoms with Crippen molar-refractivity contribution in [1.82, 2.24) is 25.4 Å². The quantitative estimate of drug-likeness (QED) is 0.455. The smallest absolute Gasteiger partial charge is 0.412 e. The van der Waals surface area contributed by atoms with E-state index in [9.17, 15) is 18.4 Å². The maximum atomic E-state index is 15.1. The van der Waals surface area contributed by atoms with Gasteiger partial charge in [-0.05, 0) is 36.9 Å². The van der Waals surface area contributed by atoms with Gasteiger partial charge in [0.15, 0.2) is 17.2 Å². The average molecular weight is 588 g/mol. The Balaban J connectivity index is 1.13. The Hall–Kier alpha value is -3.97. The summed E-state index contributed by atoms with van der Waals surface area (Å²) in [5.74, 6) is -3.46. The number of anilines is 2. The molecule has 0 radical (unpaired) electrons. The number of hydrogen-bond donors (Lipinski definition) is 2. The molecule has 6 rings (SSSR count). The first-order valence-corrected chi connectivity index (χ1v) is 13.3. The summed E-state index contributed by atoms with van der Waals surface area (Å²) in [5.41, 5.74) is 0.671. The molecular weight excluding hydrogens is 563 g/mol. The minimum absolute atomic E-state index is 0.0861. The van der Waals surface area contributed by atoms with Crippen molar-refractivity contribution in [2.45, 2.75) is 37.0 Å². The molecule has 0 aliphatic carbocycles. The Labute approximate surface area is 237 Å². The van der Waals surface area contributed by atoms with Crippen LogP contribution in [0.4, 0.5) is 29.5 Å². The first-order valence-electron chi connectivity index (χ1n) is 12.9. The van der Waals surface area contributed by atoms with Gasteiger partial charge in [0.25, 0.3) is 11.8 Å². The normalized spacial score (nSPS) is 23.3. The third-order valence-corrected chi connectivity index (χ3v) is 7.97. The fourth-order valence-corrected chi connectivity index (χ4v) is 5.85. The Morgan fingerprint density at radius 1 is 1.24 bits per heavy atom. The van der Waals surface area contributed by atoms with Crippen LogP contribution >= 0.6 is 11.6 Å². The predicted octanol–water partition coefficient (Wildman–Crippen LogP) is 4.27. The number of fused-ring (bicyclic) bond motifs is 2. The summed E-state index contributed by atoms with van der Waals surface area (Å²) in [7, 11) is 1.64. The van der Waals surface area contributed by atoms with Crippen LogP contribution in [-0.2, 0) is 16.9 Å². The highest BCUT2D eigenvalue weighted by molar-refractivity contribution is 6.31. The predicted molar refractivity (Wildman–Crippen MR) is 142 cm³/mol. The Morgan fingerprint density at radius 3 is 2.80 bits per heavy atom. The van der Waals surface area contributed by atoms with E-state index in [0.29, 0.717) is 29.3 Å². The number of pyridine rings is 1. The molecule has 41 heavy (non-hydrogen) atoms. The molecule has 3 aromatic rings. The van der Waals surface area contributed by atoms with Gasteiger partial charge in [-0.1, -0.05) is 17.7 Å². The number of benzene rings is 1.